The maximum Gasteiger partial charge on any atom is 0.0292 e. The predicted octanol–water partition coefficient (Wildman–Crippen LogP) is 4.70. The SMILES string of the molecule is CC[C@@H](N)c1ccc(SCc2cccc(C)c2)cc1. The van der Waals surface area contributed by atoms with E-state index in [1.54, 1.807) is 0 Å². The number of aryl methyl sites for hydroxylation is 1. The molecular formula is C17H21NS. The Morgan fingerprint density at radius 3 is 2.47 bits per heavy atom. The van der Waals surface area contributed by atoms with E-state index in [2.05, 4.69) is 62.4 Å². The third kappa shape index (κ3) is 4.12. The van der Waals surface area contributed by atoms with E-state index in [0.29, 0.717) is 0 Å². The van der Waals surface area contributed by atoms with Crippen LogP contribution >= 0.6 is 11.8 Å². The molecule has 0 radical (unpaired) electrons. The van der Waals surface area contributed by atoms with Gasteiger partial charge in [-0.3, -0.25) is 0 Å². The number of nitrogens with two attached hydrogens (primary N) is 1. The van der Waals surface area contributed by atoms with E-state index in [4.69, 9.17) is 5.73 Å². The molecule has 100 valence electrons. The Labute approximate surface area is 120 Å². The normalized spacial score (nSPS) is 12.4. The molecule has 0 aliphatic heterocycles. The quantitative estimate of drug-likeness (QED) is 0.798. The molecule has 1 nitrogen and oxygen atoms in total. The van der Waals surface area contributed by atoms with Crippen molar-refractivity contribution in [2.45, 2.75) is 37.0 Å². The van der Waals surface area contributed by atoms with Gasteiger partial charge in [-0.1, -0.05) is 48.9 Å². The second-order valence-corrected chi connectivity index (χ2v) is 5.91. The Kier molecular flexibility index (Phi) is 5.06. The van der Waals surface area contributed by atoms with Gasteiger partial charge in [0.15, 0.2) is 0 Å². The van der Waals surface area contributed by atoms with Gasteiger partial charge in [-0.2, -0.15) is 0 Å². The number of hydrogen-bond donors (Lipinski definition) is 1. The predicted molar refractivity (Wildman–Crippen MR) is 84.4 cm³/mol. The van der Waals surface area contributed by atoms with Gasteiger partial charge in [0.25, 0.3) is 0 Å². The third-order valence-electron chi connectivity index (χ3n) is 3.24. The first kappa shape index (κ1) is 14.2. The molecule has 0 aliphatic rings. The molecule has 2 rings (SSSR count). The Bertz CT molecular complexity index is 519. The molecule has 1 atom stereocenters. The lowest BCUT2D eigenvalue weighted by Gasteiger charge is -2.10. The monoisotopic (exact) mass is 271 g/mol. The molecule has 0 bridgehead atoms. The molecule has 2 N–H and O–H groups in total. The van der Waals surface area contributed by atoms with E-state index in [1.165, 1.54) is 21.6 Å². The van der Waals surface area contributed by atoms with Crippen LogP contribution in [-0.2, 0) is 5.75 Å². The van der Waals surface area contributed by atoms with E-state index in [-0.39, 0.29) is 6.04 Å². The van der Waals surface area contributed by atoms with Gasteiger partial charge in [0.05, 0.1) is 0 Å². The first-order valence-corrected chi connectivity index (χ1v) is 7.71. The van der Waals surface area contributed by atoms with Crippen molar-refractivity contribution in [2.75, 3.05) is 0 Å². The van der Waals surface area contributed by atoms with Gasteiger partial charge in [0.1, 0.15) is 0 Å². The Hall–Kier alpha value is -1.25. The largest absolute Gasteiger partial charge is 0.324 e. The maximum atomic E-state index is 6.02. The molecule has 0 amide bonds. The van der Waals surface area contributed by atoms with Crippen LogP contribution in [-0.4, -0.2) is 0 Å². The zero-order valence-corrected chi connectivity index (χ0v) is 12.4. The lowest BCUT2D eigenvalue weighted by Crippen LogP contribution is -2.07. The smallest absolute Gasteiger partial charge is 0.0292 e. The summed E-state index contributed by atoms with van der Waals surface area (Å²) in [6.07, 6.45) is 0.982. The van der Waals surface area contributed by atoms with Gasteiger partial charge in [0, 0.05) is 16.7 Å². The van der Waals surface area contributed by atoms with Crippen LogP contribution < -0.4 is 5.73 Å². The minimum Gasteiger partial charge on any atom is -0.324 e. The van der Waals surface area contributed by atoms with E-state index >= 15 is 0 Å². The topological polar surface area (TPSA) is 26.0 Å². The number of thioether (sulfide) groups is 1. The van der Waals surface area contributed by atoms with Crippen molar-refractivity contribution >= 4 is 11.8 Å². The summed E-state index contributed by atoms with van der Waals surface area (Å²) in [5.41, 5.74) is 9.94. The van der Waals surface area contributed by atoms with Crippen LogP contribution in [0.15, 0.2) is 53.4 Å². The van der Waals surface area contributed by atoms with Crippen LogP contribution in [0.3, 0.4) is 0 Å². The maximum absolute atomic E-state index is 6.02. The lowest BCUT2D eigenvalue weighted by atomic mass is 10.1. The van der Waals surface area contributed by atoms with Gasteiger partial charge in [-0.15, -0.1) is 11.8 Å². The summed E-state index contributed by atoms with van der Waals surface area (Å²) < 4.78 is 0. The summed E-state index contributed by atoms with van der Waals surface area (Å²) in [6.45, 7) is 4.25. The zero-order valence-electron chi connectivity index (χ0n) is 11.6. The Balaban J connectivity index is 1.96. The van der Waals surface area contributed by atoms with Crippen LogP contribution in [0.2, 0.25) is 0 Å². The van der Waals surface area contributed by atoms with Crippen molar-refractivity contribution in [3.05, 3.63) is 65.2 Å². The van der Waals surface area contributed by atoms with Crippen molar-refractivity contribution in [3.63, 3.8) is 0 Å². The van der Waals surface area contributed by atoms with Crippen LogP contribution in [0.1, 0.15) is 36.1 Å². The van der Waals surface area contributed by atoms with Crippen LogP contribution in [0.5, 0.6) is 0 Å². The molecule has 0 aromatic heterocycles. The molecule has 0 unspecified atom stereocenters. The van der Waals surface area contributed by atoms with Gasteiger partial charge in [-0.25, -0.2) is 0 Å². The van der Waals surface area contributed by atoms with E-state index in [9.17, 15) is 0 Å². The van der Waals surface area contributed by atoms with Gasteiger partial charge >= 0.3 is 0 Å². The molecule has 0 saturated carbocycles. The van der Waals surface area contributed by atoms with Crippen molar-refractivity contribution in [1.82, 2.24) is 0 Å². The second kappa shape index (κ2) is 6.78. The number of benzene rings is 2. The lowest BCUT2D eigenvalue weighted by molar-refractivity contribution is 0.698. The fourth-order valence-corrected chi connectivity index (χ4v) is 2.86. The summed E-state index contributed by atoms with van der Waals surface area (Å²) in [5, 5.41) is 0. The van der Waals surface area contributed by atoms with Gasteiger partial charge in [-0.05, 0) is 36.6 Å². The van der Waals surface area contributed by atoms with Crippen LogP contribution in [0.4, 0.5) is 0 Å². The molecular weight excluding hydrogens is 250 g/mol. The Morgan fingerprint density at radius 2 is 1.84 bits per heavy atom. The third-order valence-corrected chi connectivity index (χ3v) is 4.32. The first-order valence-electron chi connectivity index (χ1n) is 6.73. The average Bonchev–Trinajstić information content (AvgIpc) is 2.45. The molecule has 2 heteroatoms. The van der Waals surface area contributed by atoms with Crippen molar-refractivity contribution in [1.29, 1.82) is 0 Å². The highest BCUT2D eigenvalue weighted by Gasteiger charge is 2.03. The first-order chi connectivity index (χ1) is 9.19. The van der Waals surface area contributed by atoms with Crippen LogP contribution in [0, 0.1) is 6.92 Å². The molecule has 0 saturated heterocycles. The molecule has 19 heavy (non-hydrogen) atoms. The van der Waals surface area contributed by atoms with E-state index in [1.807, 2.05) is 11.8 Å². The van der Waals surface area contributed by atoms with E-state index < -0.39 is 0 Å². The molecule has 2 aromatic carbocycles. The highest BCUT2D eigenvalue weighted by molar-refractivity contribution is 7.98. The standard InChI is InChI=1S/C17H21NS/c1-3-17(18)15-7-9-16(10-8-15)19-12-14-6-4-5-13(2)11-14/h4-11,17H,3,12,18H2,1-2H3/t17-/m1/s1. The molecule has 0 fully saturated rings. The number of hydrogen-bond acceptors (Lipinski definition) is 2. The summed E-state index contributed by atoms with van der Waals surface area (Å²) in [4.78, 5) is 1.30. The van der Waals surface area contributed by atoms with Crippen LogP contribution in [0.25, 0.3) is 0 Å². The molecule has 0 heterocycles. The highest BCUT2D eigenvalue weighted by atomic mass is 32.2. The molecule has 0 aliphatic carbocycles. The second-order valence-electron chi connectivity index (χ2n) is 4.86. The molecule has 2 aromatic rings. The minimum absolute atomic E-state index is 0.163. The average molecular weight is 271 g/mol. The molecule has 0 spiro atoms. The van der Waals surface area contributed by atoms with Crippen molar-refractivity contribution < 1.29 is 0 Å². The summed E-state index contributed by atoms with van der Waals surface area (Å²) in [6, 6.07) is 17.5. The van der Waals surface area contributed by atoms with Gasteiger partial charge in [0.2, 0.25) is 0 Å². The van der Waals surface area contributed by atoms with Crippen molar-refractivity contribution in [2.24, 2.45) is 5.73 Å². The minimum atomic E-state index is 0.163. The number of rotatable bonds is 5. The summed E-state index contributed by atoms with van der Waals surface area (Å²) in [5.74, 6) is 1.01. The highest BCUT2D eigenvalue weighted by Crippen LogP contribution is 2.25. The fraction of sp³-hybridized carbons (Fsp3) is 0.294. The van der Waals surface area contributed by atoms with E-state index in [0.717, 1.165) is 12.2 Å². The van der Waals surface area contributed by atoms with Crippen molar-refractivity contribution in [3.8, 4) is 0 Å². The Morgan fingerprint density at radius 1 is 1.11 bits per heavy atom. The fourth-order valence-electron chi connectivity index (χ4n) is 2.02. The van der Waals surface area contributed by atoms with Gasteiger partial charge < -0.3 is 5.73 Å². The zero-order chi connectivity index (χ0) is 13.7. The summed E-state index contributed by atoms with van der Waals surface area (Å²) >= 11 is 1.87. The summed E-state index contributed by atoms with van der Waals surface area (Å²) in [7, 11) is 0.